The zero-order valence-corrected chi connectivity index (χ0v) is 11.5. The van der Waals surface area contributed by atoms with Crippen molar-refractivity contribution in [2.45, 2.75) is 38.8 Å². The highest BCUT2D eigenvalue weighted by atomic mass is 14.9. The molecule has 1 unspecified atom stereocenters. The molecule has 1 atom stereocenters. The van der Waals surface area contributed by atoms with Gasteiger partial charge in [-0.1, -0.05) is 31.2 Å². The van der Waals surface area contributed by atoms with E-state index in [1.165, 1.54) is 29.5 Å². The second-order valence-corrected chi connectivity index (χ2v) is 5.65. The molecule has 0 radical (unpaired) electrons. The highest BCUT2D eigenvalue weighted by Crippen LogP contribution is 2.39. The van der Waals surface area contributed by atoms with Crippen LogP contribution in [-0.2, 0) is 13.0 Å². The molecule has 0 saturated heterocycles. The third kappa shape index (κ3) is 2.90. The average molecular weight is 254 g/mol. The van der Waals surface area contributed by atoms with Gasteiger partial charge in [0.1, 0.15) is 0 Å². The van der Waals surface area contributed by atoms with Crippen molar-refractivity contribution >= 4 is 0 Å². The Balaban J connectivity index is 1.68. The van der Waals surface area contributed by atoms with Crippen LogP contribution in [0.1, 0.15) is 42.5 Å². The summed E-state index contributed by atoms with van der Waals surface area (Å²) >= 11 is 0. The van der Waals surface area contributed by atoms with Gasteiger partial charge in [0, 0.05) is 25.0 Å². The molecule has 3 rings (SSSR count). The Morgan fingerprint density at radius 1 is 1.16 bits per heavy atom. The molecule has 1 saturated carbocycles. The van der Waals surface area contributed by atoms with E-state index >= 15 is 0 Å². The Hall–Kier alpha value is -1.54. The maximum absolute atomic E-state index is 6.23. The van der Waals surface area contributed by atoms with Gasteiger partial charge in [0.05, 0.1) is 0 Å². The third-order valence-corrected chi connectivity index (χ3v) is 4.08. The van der Waals surface area contributed by atoms with Gasteiger partial charge < -0.3 is 10.3 Å². The lowest BCUT2D eigenvalue weighted by Gasteiger charge is -2.08. The molecule has 0 bridgehead atoms. The molecule has 1 heterocycles. The van der Waals surface area contributed by atoms with Crippen molar-refractivity contribution < 1.29 is 0 Å². The molecule has 2 N–H and O–H groups in total. The molecule has 1 aromatic carbocycles. The van der Waals surface area contributed by atoms with Crippen molar-refractivity contribution in [1.29, 1.82) is 0 Å². The number of nitrogens with two attached hydrogens (primary N) is 1. The van der Waals surface area contributed by atoms with Crippen LogP contribution in [0.25, 0.3) is 0 Å². The molecule has 1 aliphatic rings. The standard InChI is InChI=1S/C17H22N2/c1-2-13-3-5-14(6-4-13)11-19-10-9-16(12-19)17(18)15-7-8-15/h3-6,9-10,12,15,17H,2,7-8,11,18H2,1H3. The first-order valence-corrected chi connectivity index (χ1v) is 7.25. The zero-order valence-electron chi connectivity index (χ0n) is 11.5. The lowest BCUT2D eigenvalue weighted by Crippen LogP contribution is -2.11. The molecule has 2 heteroatoms. The van der Waals surface area contributed by atoms with Crippen LogP contribution in [0.5, 0.6) is 0 Å². The molecule has 1 aromatic heterocycles. The van der Waals surface area contributed by atoms with E-state index in [4.69, 9.17) is 5.73 Å². The minimum absolute atomic E-state index is 0.240. The summed E-state index contributed by atoms with van der Waals surface area (Å²) in [5.41, 5.74) is 10.3. The monoisotopic (exact) mass is 254 g/mol. The summed E-state index contributed by atoms with van der Waals surface area (Å²) in [5.74, 6) is 0.722. The summed E-state index contributed by atoms with van der Waals surface area (Å²) in [7, 11) is 0. The minimum Gasteiger partial charge on any atom is -0.350 e. The molecule has 1 aliphatic carbocycles. The summed E-state index contributed by atoms with van der Waals surface area (Å²) in [4.78, 5) is 0. The van der Waals surface area contributed by atoms with Crippen LogP contribution in [-0.4, -0.2) is 4.57 Å². The van der Waals surface area contributed by atoms with Crippen molar-refractivity contribution in [1.82, 2.24) is 4.57 Å². The van der Waals surface area contributed by atoms with Gasteiger partial charge in [0.15, 0.2) is 0 Å². The Labute approximate surface area is 115 Å². The summed E-state index contributed by atoms with van der Waals surface area (Å²) in [6.45, 7) is 3.12. The van der Waals surface area contributed by atoms with E-state index in [1.54, 1.807) is 0 Å². The fraction of sp³-hybridized carbons (Fsp3) is 0.412. The maximum Gasteiger partial charge on any atom is 0.0470 e. The molecule has 0 amide bonds. The van der Waals surface area contributed by atoms with Crippen molar-refractivity contribution in [2.24, 2.45) is 11.7 Å². The van der Waals surface area contributed by atoms with E-state index in [-0.39, 0.29) is 6.04 Å². The van der Waals surface area contributed by atoms with Crippen molar-refractivity contribution in [3.63, 3.8) is 0 Å². The number of rotatable bonds is 5. The fourth-order valence-corrected chi connectivity index (χ4v) is 2.57. The highest BCUT2D eigenvalue weighted by molar-refractivity contribution is 5.24. The molecule has 1 fully saturated rings. The minimum atomic E-state index is 0.240. The van der Waals surface area contributed by atoms with E-state index in [0.717, 1.165) is 18.9 Å². The number of hydrogen-bond donors (Lipinski definition) is 1. The number of hydrogen-bond acceptors (Lipinski definition) is 1. The van der Waals surface area contributed by atoms with E-state index in [9.17, 15) is 0 Å². The van der Waals surface area contributed by atoms with Crippen LogP contribution in [0, 0.1) is 5.92 Å². The molecule has 0 aliphatic heterocycles. The summed E-state index contributed by atoms with van der Waals surface area (Å²) in [6, 6.07) is 11.3. The topological polar surface area (TPSA) is 30.9 Å². The normalized spacial score (nSPS) is 16.5. The Bertz CT molecular complexity index is 535. The van der Waals surface area contributed by atoms with Gasteiger partial charge in [0.25, 0.3) is 0 Å². The lowest BCUT2D eigenvalue weighted by molar-refractivity contribution is 0.631. The van der Waals surface area contributed by atoms with Crippen molar-refractivity contribution in [3.8, 4) is 0 Å². The van der Waals surface area contributed by atoms with Gasteiger partial charge in [-0.2, -0.15) is 0 Å². The Morgan fingerprint density at radius 3 is 2.47 bits per heavy atom. The fourth-order valence-electron chi connectivity index (χ4n) is 2.57. The summed E-state index contributed by atoms with van der Waals surface area (Å²) in [6.07, 6.45) is 8.04. The first-order chi connectivity index (χ1) is 9.26. The predicted molar refractivity (Wildman–Crippen MR) is 79.0 cm³/mol. The van der Waals surface area contributed by atoms with Gasteiger partial charge >= 0.3 is 0 Å². The predicted octanol–water partition coefficient (Wildman–Crippen LogP) is 3.51. The number of aromatic nitrogens is 1. The van der Waals surface area contributed by atoms with E-state index in [0.29, 0.717) is 0 Å². The first kappa shape index (κ1) is 12.5. The van der Waals surface area contributed by atoms with Crippen LogP contribution in [0.3, 0.4) is 0 Å². The molecular weight excluding hydrogens is 232 g/mol. The van der Waals surface area contributed by atoms with Crippen LogP contribution in [0.15, 0.2) is 42.7 Å². The van der Waals surface area contributed by atoms with Crippen molar-refractivity contribution in [3.05, 3.63) is 59.4 Å². The maximum atomic E-state index is 6.23. The molecule has 100 valence electrons. The highest BCUT2D eigenvalue weighted by Gasteiger charge is 2.29. The number of nitrogens with zero attached hydrogens (tertiary/aromatic N) is 1. The van der Waals surface area contributed by atoms with E-state index in [2.05, 4.69) is 54.2 Å². The Morgan fingerprint density at radius 2 is 1.84 bits per heavy atom. The van der Waals surface area contributed by atoms with Crippen LogP contribution < -0.4 is 5.73 Å². The summed E-state index contributed by atoms with van der Waals surface area (Å²) < 4.78 is 2.23. The smallest absolute Gasteiger partial charge is 0.0470 e. The van der Waals surface area contributed by atoms with Gasteiger partial charge in [0.2, 0.25) is 0 Å². The van der Waals surface area contributed by atoms with Crippen LogP contribution >= 0.6 is 0 Å². The Kier molecular flexibility index (Phi) is 3.43. The zero-order chi connectivity index (χ0) is 13.2. The largest absolute Gasteiger partial charge is 0.350 e. The van der Waals surface area contributed by atoms with Crippen molar-refractivity contribution in [2.75, 3.05) is 0 Å². The first-order valence-electron chi connectivity index (χ1n) is 7.25. The molecule has 2 nitrogen and oxygen atoms in total. The van der Waals surface area contributed by atoms with Gasteiger partial charge in [-0.05, 0) is 47.9 Å². The quantitative estimate of drug-likeness (QED) is 0.869. The lowest BCUT2D eigenvalue weighted by atomic mass is 10.1. The van der Waals surface area contributed by atoms with Crippen LogP contribution in [0.2, 0.25) is 0 Å². The number of aryl methyl sites for hydroxylation is 1. The van der Waals surface area contributed by atoms with Gasteiger partial charge in [-0.3, -0.25) is 0 Å². The SMILES string of the molecule is CCc1ccc(Cn2ccc(C(N)C3CC3)c2)cc1. The van der Waals surface area contributed by atoms with E-state index in [1.807, 2.05) is 0 Å². The average Bonchev–Trinajstić information content (AvgIpc) is 3.19. The molecular formula is C17H22N2. The van der Waals surface area contributed by atoms with Gasteiger partial charge in [-0.15, -0.1) is 0 Å². The van der Waals surface area contributed by atoms with Gasteiger partial charge in [-0.25, -0.2) is 0 Å². The third-order valence-electron chi connectivity index (χ3n) is 4.08. The van der Waals surface area contributed by atoms with Crippen LogP contribution in [0.4, 0.5) is 0 Å². The molecule has 19 heavy (non-hydrogen) atoms. The van der Waals surface area contributed by atoms with E-state index < -0.39 is 0 Å². The summed E-state index contributed by atoms with van der Waals surface area (Å²) in [5, 5.41) is 0. The number of benzene rings is 1. The second-order valence-electron chi connectivity index (χ2n) is 5.65. The molecule has 2 aromatic rings. The molecule has 0 spiro atoms. The second kappa shape index (κ2) is 5.22.